The summed E-state index contributed by atoms with van der Waals surface area (Å²) in [6.45, 7) is 3.62. The van der Waals surface area contributed by atoms with E-state index in [0.29, 0.717) is 5.69 Å². The second-order valence-corrected chi connectivity index (χ2v) is 6.54. The Labute approximate surface area is 131 Å². The topological polar surface area (TPSA) is 89.8 Å². The van der Waals surface area contributed by atoms with Gasteiger partial charge in [0.25, 0.3) is 5.69 Å². The molecule has 2 fully saturated rings. The van der Waals surface area contributed by atoms with Crippen molar-refractivity contribution >= 4 is 23.2 Å². The van der Waals surface area contributed by atoms with E-state index in [4.69, 9.17) is 4.74 Å². The lowest BCUT2D eigenvalue weighted by Crippen LogP contribution is -2.39. The molecule has 7 nitrogen and oxygen atoms in total. The van der Waals surface area contributed by atoms with Crippen LogP contribution in [-0.4, -0.2) is 27.9 Å². The van der Waals surface area contributed by atoms with E-state index in [-0.39, 0.29) is 17.5 Å². The molecule has 3 aliphatic rings. The van der Waals surface area contributed by atoms with Crippen LogP contribution in [0, 0.1) is 22.0 Å². The summed E-state index contributed by atoms with van der Waals surface area (Å²) in [6.07, 6.45) is 3.69. The Morgan fingerprint density at radius 1 is 1.04 bits per heavy atom. The summed E-state index contributed by atoms with van der Waals surface area (Å²) in [5.41, 5.74) is -1.28. The number of nitro benzene ring substituents is 1. The Balaban J connectivity index is 1.75. The van der Waals surface area contributed by atoms with Crippen LogP contribution < -0.4 is 4.90 Å². The van der Waals surface area contributed by atoms with Gasteiger partial charge in [0.15, 0.2) is 0 Å². The summed E-state index contributed by atoms with van der Waals surface area (Å²) < 4.78 is 5.92. The van der Waals surface area contributed by atoms with E-state index in [9.17, 15) is 19.7 Å². The summed E-state index contributed by atoms with van der Waals surface area (Å²) in [6, 6.07) is 5.43. The molecule has 0 spiro atoms. The van der Waals surface area contributed by atoms with Crippen molar-refractivity contribution in [2.24, 2.45) is 11.8 Å². The number of anilines is 1. The van der Waals surface area contributed by atoms with Crippen LogP contribution in [0.5, 0.6) is 0 Å². The molecule has 118 valence electrons. The highest BCUT2D eigenvalue weighted by molar-refractivity contribution is 6.23. The van der Waals surface area contributed by atoms with Crippen molar-refractivity contribution in [3.63, 3.8) is 0 Å². The molecule has 4 atom stereocenters. The third-order valence-electron chi connectivity index (χ3n) is 5.05. The van der Waals surface area contributed by atoms with Crippen molar-refractivity contribution in [2.75, 3.05) is 4.90 Å². The molecule has 2 saturated heterocycles. The van der Waals surface area contributed by atoms with Gasteiger partial charge in [-0.25, -0.2) is 4.90 Å². The van der Waals surface area contributed by atoms with Gasteiger partial charge in [0, 0.05) is 12.1 Å². The van der Waals surface area contributed by atoms with Crippen molar-refractivity contribution in [3.8, 4) is 0 Å². The van der Waals surface area contributed by atoms with Gasteiger partial charge >= 0.3 is 0 Å². The monoisotopic (exact) mass is 314 g/mol. The summed E-state index contributed by atoms with van der Waals surface area (Å²) in [5, 5.41) is 10.7. The highest BCUT2D eigenvalue weighted by atomic mass is 16.6. The molecule has 3 aliphatic heterocycles. The molecule has 0 N–H and O–H groups in total. The minimum Gasteiger partial charge on any atom is -0.359 e. The van der Waals surface area contributed by atoms with Crippen LogP contribution in [0.15, 0.2) is 36.4 Å². The quantitative estimate of drug-likeness (QED) is 0.359. The van der Waals surface area contributed by atoms with Gasteiger partial charge in [-0.3, -0.25) is 19.7 Å². The minimum atomic E-state index is -0.776. The normalized spacial score (nSPS) is 37.6. The molecule has 2 bridgehead atoms. The van der Waals surface area contributed by atoms with Gasteiger partial charge in [-0.2, -0.15) is 0 Å². The molecule has 2 amide bonds. The van der Waals surface area contributed by atoms with Crippen molar-refractivity contribution < 1.29 is 19.2 Å². The number of nitro groups is 1. The minimum absolute atomic E-state index is 0.0861. The highest BCUT2D eigenvalue weighted by Gasteiger charge is 2.70. The average Bonchev–Trinajstić information content (AvgIpc) is 3.04. The first-order valence-electron chi connectivity index (χ1n) is 7.30. The van der Waals surface area contributed by atoms with Gasteiger partial charge in [0.05, 0.1) is 33.6 Å². The average molecular weight is 314 g/mol. The van der Waals surface area contributed by atoms with Crippen LogP contribution in [0.4, 0.5) is 11.4 Å². The summed E-state index contributed by atoms with van der Waals surface area (Å²) in [4.78, 5) is 37.0. The molecule has 1 aromatic carbocycles. The van der Waals surface area contributed by atoms with Crippen LogP contribution in [0.3, 0.4) is 0 Å². The number of rotatable bonds is 2. The smallest absolute Gasteiger partial charge is 0.269 e. The number of hydrogen-bond donors (Lipinski definition) is 0. The second-order valence-electron chi connectivity index (χ2n) is 6.54. The third-order valence-corrected chi connectivity index (χ3v) is 5.05. The Hall–Kier alpha value is -2.54. The van der Waals surface area contributed by atoms with Crippen LogP contribution in [0.1, 0.15) is 13.8 Å². The highest BCUT2D eigenvalue weighted by Crippen LogP contribution is 2.57. The molecule has 0 radical (unpaired) electrons. The molecule has 0 aromatic heterocycles. The van der Waals surface area contributed by atoms with Crippen molar-refractivity contribution in [2.45, 2.75) is 25.0 Å². The number of ether oxygens (including phenoxy) is 1. The lowest BCUT2D eigenvalue weighted by atomic mass is 9.73. The fourth-order valence-corrected chi connectivity index (χ4v) is 4.01. The Morgan fingerprint density at radius 3 is 1.96 bits per heavy atom. The van der Waals surface area contributed by atoms with Crippen LogP contribution in [0.25, 0.3) is 0 Å². The lowest BCUT2D eigenvalue weighted by Gasteiger charge is -2.25. The van der Waals surface area contributed by atoms with Crippen molar-refractivity contribution in [1.82, 2.24) is 0 Å². The number of fused-ring (bicyclic) bond motifs is 5. The number of nitrogens with zero attached hydrogens (tertiary/aromatic N) is 2. The molecule has 4 rings (SSSR count). The molecular formula is C16H14N2O5. The first kappa shape index (κ1) is 14.1. The molecule has 3 heterocycles. The fraction of sp³-hybridized carbons (Fsp3) is 0.375. The van der Waals surface area contributed by atoms with Gasteiger partial charge in [-0.05, 0) is 26.0 Å². The number of imide groups is 1. The zero-order valence-corrected chi connectivity index (χ0v) is 12.6. The first-order valence-corrected chi connectivity index (χ1v) is 7.30. The van der Waals surface area contributed by atoms with E-state index in [0.717, 1.165) is 4.90 Å². The second kappa shape index (κ2) is 4.05. The van der Waals surface area contributed by atoms with Crippen LogP contribution in [0.2, 0.25) is 0 Å². The Morgan fingerprint density at radius 2 is 1.52 bits per heavy atom. The number of carbonyl (C=O) groups is 2. The Bertz CT molecular complexity index is 750. The zero-order valence-electron chi connectivity index (χ0n) is 12.6. The summed E-state index contributed by atoms with van der Waals surface area (Å²) in [5.74, 6) is -1.74. The van der Waals surface area contributed by atoms with E-state index in [2.05, 4.69) is 0 Å². The van der Waals surface area contributed by atoms with E-state index >= 15 is 0 Å². The summed E-state index contributed by atoms with van der Waals surface area (Å²) in [7, 11) is 0. The molecule has 23 heavy (non-hydrogen) atoms. The van der Waals surface area contributed by atoms with Gasteiger partial charge in [0.1, 0.15) is 0 Å². The number of carbonyl (C=O) groups excluding carboxylic acids is 2. The predicted octanol–water partition coefficient (Wildman–Crippen LogP) is 1.82. The Kier molecular flexibility index (Phi) is 2.48. The molecule has 1 aromatic rings. The first-order chi connectivity index (χ1) is 10.8. The maximum absolute atomic E-state index is 12.8. The van der Waals surface area contributed by atoms with E-state index in [1.165, 1.54) is 24.3 Å². The molecule has 0 saturated carbocycles. The standard InChI is InChI=1S/C16H14N2O5/c1-15-7-8-16(2,23-15)12-11(15)13(19)17(14(12)20)9-3-5-10(6-4-9)18(21)22/h3-8,11-12H,1-2H3/t11-,12-,15-,16+/m1/s1. The predicted molar refractivity (Wildman–Crippen MR) is 79.6 cm³/mol. The fourth-order valence-electron chi connectivity index (χ4n) is 4.01. The maximum atomic E-state index is 12.8. The van der Waals surface area contributed by atoms with Gasteiger partial charge in [0.2, 0.25) is 11.8 Å². The zero-order chi connectivity index (χ0) is 16.6. The molecular weight excluding hydrogens is 300 g/mol. The number of hydrogen-bond acceptors (Lipinski definition) is 5. The van der Waals surface area contributed by atoms with Crippen molar-refractivity contribution in [3.05, 3.63) is 46.5 Å². The molecule has 0 unspecified atom stereocenters. The van der Waals surface area contributed by atoms with E-state index < -0.39 is 28.0 Å². The number of non-ortho nitro benzene ring substituents is 1. The third kappa shape index (κ3) is 1.62. The number of benzene rings is 1. The lowest BCUT2D eigenvalue weighted by molar-refractivity contribution is -0.384. The van der Waals surface area contributed by atoms with Crippen molar-refractivity contribution in [1.29, 1.82) is 0 Å². The summed E-state index contributed by atoms with van der Waals surface area (Å²) >= 11 is 0. The van der Waals surface area contributed by atoms with Crippen LogP contribution >= 0.6 is 0 Å². The molecule has 0 aliphatic carbocycles. The number of amides is 2. The van der Waals surface area contributed by atoms with Gasteiger partial charge < -0.3 is 4.74 Å². The van der Waals surface area contributed by atoms with E-state index in [1.807, 2.05) is 26.0 Å². The van der Waals surface area contributed by atoms with Gasteiger partial charge in [-0.1, -0.05) is 12.2 Å². The van der Waals surface area contributed by atoms with E-state index in [1.54, 1.807) is 0 Å². The molecule has 7 heteroatoms. The maximum Gasteiger partial charge on any atom is 0.269 e. The SMILES string of the molecule is C[C@]12C=C[C@](C)(O1)[C@H]1C(=O)N(c3ccc([N+](=O)[O-])cc3)C(=O)[C@@H]12. The van der Waals surface area contributed by atoms with Crippen LogP contribution in [-0.2, 0) is 14.3 Å². The van der Waals surface area contributed by atoms with Gasteiger partial charge in [-0.15, -0.1) is 0 Å². The largest absolute Gasteiger partial charge is 0.359 e.